The third kappa shape index (κ3) is 5.54. The number of amides is 2. The fourth-order valence-corrected chi connectivity index (χ4v) is 6.95. The standard InChI is InChI=1S/C24H39N7O2S/c32-21-10-5-14-31(21)24-27-26-23(34-24)30-13-4-9-20(30)22(33)25-11-6-12-28-15-17-29(18-16-28)19-7-2-1-3-8-19/h19-20H,1-18H2,(H,25,33)/t20-/m1/s1. The Morgan fingerprint density at radius 3 is 2.47 bits per heavy atom. The molecule has 3 aliphatic heterocycles. The van der Waals surface area contributed by atoms with Gasteiger partial charge in [0, 0.05) is 58.3 Å². The molecule has 0 radical (unpaired) electrons. The van der Waals surface area contributed by atoms with Crippen LogP contribution in [0.2, 0.25) is 0 Å². The van der Waals surface area contributed by atoms with Crippen molar-refractivity contribution in [2.45, 2.75) is 76.3 Å². The topological polar surface area (TPSA) is 84.9 Å². The smallest absolute Gasteiger partial charge is 0.242 e. The van der Waals surface area contributed by atoms with E-state index in [1.807, 2.05) is 0 Å². The molecule has 188 valence electrons. The summed E-state index contributed by atoms with van der Waals surface area (Å²) < 4.78 is 0. The van der Waals surface area contributed by atoms with Gasteiger partial charge in [-0.25, -0.2) is 0 Å². The van der Waals surface area contributed by atoms with Crippen LogP contribution in [0.4, 0.5) is 10.3 Å². The summed E-state index contributed by atoms with van der Waals surface area (Å²) in [6.07, 6.45) is 11.3. The highest BCUT2D eigenvalue weighted by atomic mass is 32.1. The Labute approximate surface area is 206 Å². The van der Waals surface area contributed by atoms with Crippen molar-refractivity contribution in [1.82, 2.24) is 25.3 Å². The van der Waals surface area contributed by atoms with E-state index in [-0.39, 0.29) is 17.9 Å². The van der Waals surface area contributed by atoms with Gasteiger partial charge in [-0.15, -0.1) is 10.2 Å². The van der Waals surface area contributed by atoms with Crippen molar-refractivity contribution in [3.63, 3.8) is 0 Å². The average Bonchev–Trinajstić information content (AvgIpc) is 3.63. The minimum absolute atomic E-state index is 0.0913. The second-order valence-electron chi connectivity index (χ2n) is 10.2. The summed E-state index contributed by atoms with van der Waals surface area (Å²) in [5.41, 5.74) is 0. The number of carbonyl (C=O) groups excluding carboxylic acids is 2. The van der Waals surface area contributed by atoms with Gasteiger partial charge in [-0.2, -0.15) is 0 Å². The Kier molecular flexibility index (Phi) is 7.96. The molecule has 5 rings (SSSR count). The van der Waals surface area contributed by atoms with Crippen molar-refractivity contribution in [2.75, 3.05) is 62.2 Å². The Morgan fingerprint density at radius 2 is 1.71 bits per heavy atom. The normalized spacial score (nSPS) is 25.4. The Morgan fingerprint density at radius 1 is 0.912 bits per heavy atom. The van der Waals surface area contributed by atoms with Crippen LogP contribution in [0.5, 0.6) is 0 Å². The van der Waals surface area contributed by atoms with Crippen LogP contribution in [0.3, 0.4) is 0 Å². The molecule has 1 aromatic rings. The molecule has 4 aliphatic rings. The molecule has 1 aliphatic carbocycles. The van der Waals surface area contributed by atoms with Gasteiger partial charge in [0.1, 0.15) is 6.04 Å². The van der Waals surface area contributed by atoms with Crippen LogP contribution < -0.4 is 15.1 Å². The van der Waals surface area contributed by atoms with Gasteiger partial charge in [0.15, 0.2) is 0 Å². The molecule has 3 saturated heterocycles. The number of hydrogen-bond acceptors (Lipinski definition) is 8. The number of rotatable bonds is 8. The molecule has 10 heteroatoms. The zero-order chi connectivity index (χ0) is 23.3. The highest BCUT2D eigenvalue weighted by Crippen LogP contribution is 2.33. The van der Waals surface area contributed by atoms with Crippen molar-refractivity contribution in [1.29, 1.82) is 0 Å². The number of aromatic nitrogens is 2. The SMILES string of the molecule is O=C(NCCCN1CCN(C2CCCCC2)CC1)[C@H]1CCCN1c1nnc(N2CCCC2=O)s1. The highest BCUT2D eigenvalue weighted by molar-refractivity contribution is 7.19. The quantitative estimate of drug-likeness (QED) is 0.560. The number of anilines is 2. The van der Waals surface area contributed by atoms with Gasteiger partial charge in [-0.05, 0) is 45.1 Å². The van der Waals surface area contributed by atoms with E-state index in [9.17, 15) is 9.59 Å². The van der Waals surface area contributed by atoms with Gasteiger partial charge in [0.2, 0.25) is 22.1 Å². The van der Waals surface area contributed by atoms with Crippen LogP contribution >= 0.6 is 11.3 Å². The van der Waals surface area contributed by atoms with E-state index in [1.54, 1.807) is 4.90 Å². The summed E-state index contributed by atoms with van der Waals surface area (Å²) in [6.45, 7) is 7.99. The molecule has 0 aromatic carbocycles. The summed E-state index contributed by atoms with van der Waals surface area (Å²) in [7, 11) is 0. The lowest BCUT2D eigenvalue weighted by Gasteiger charge is -2.40. The van der Waals surface area contributed by atoms with Gasteiger partial charge < -0.3 is 15.1 Å². The first-order chi connectivity index (χ1) is 16.7. The Hall–Kier alpha value is -1.78. The lowest BCUT2D eigenvalue weighted by molar-refractivity contribution is -0.122. The fourth-order valence-electron chi connectivity index (χ4n) is 5.98. The zero-order valence-corrected chi connectivity index (χ0v) is 21.1. The van der Waals surface area contributed by atoms with E-state index in [4.69, 9.17) is 0 Å². The van der Waals surface area contributed by atoms with E-state index in [1.165, 1.54) is 56.5 Å². The summed E-state index contributed by atoms with van der Waals surface area (Å²) >= 11 is 1.43. The van der Waals surface area contributed by atoms with Gasteiger partial charge in [0.25, 0.3) is 0 Å². The number of nitrogens with zero attached hydrogens (tertiary/aromatic N) is 6. The molecule has 4 heterocycles. The van der Waals surface area contributed by atoms with Crippen molar-refractivity contribution >= 4 is 33.4 Å². The third-order valence-electron chi connectivity index (χ3n) is 7.96. The number of carbonyl (C=O) groups is 2. The second-order valence-corrected chi connectivity index (χ2v) is 11.1. The molecule has 1 atom stereocenters. The van der Waals surface area contributed by atoms with Crippen LogP contribution in [-0.4, -0.2) is 96.3 Å². The molecular weight excluding hydrogens is 450 g/mol. The molecule has 1 N–H and O–H groups in total. The van der Waals surface area contributed by atoms with Gasteiger partial charge in [-0.1, -0.05) is 30.6 Å². The number of nitrogens with one attached hydrogen (secondary N) is 1. The minimum Gasteiger partial charge on any atom is -0.354 e. The lowest BCUT2D eigenvalue weighted by Crippen LogP contribution is -2.51. The predicted octanol–water partition coefficient (Wildman–Crippen LogP) is 2.09. The first-order valence-corrected chi connectivity index (χ1v) is 14.2. The maximum atomic E-state index is 12.9. The molecule has 1 saturated carbocycles. The minimum atomic E-state index is -0.186. The Balaban J connectivity index is 1.03. The average molecular weight is 490 g/mol. The summed E-state index contributed by atoms with van der Waals surface area (Å²) in [5, 5.41) is 13.1. The summed E-state index contributed by atoms with van der Waals surface area (Å²) in [4.78, 5) is 34.0. The second kappa shape index (κ2) is 11.3. The van der Waals surface area contributed by atoms with Crippen LogP contribution in [0.15, 0.2) is 0 Å². The van der Waals surface area contributed by atoms with Gasteiger partial charge >= 0.3 is 0 Å². The summed E-state index contributed by atoms with van der Waals surface area (Å²) in [6, 6.07) is 0.638. The first kappa shape index (κ1) is 23.9. The number of piperazine rings is 1. The molecule has 0 unspecified atom stereocenters. The third-order valence-corrected chi connectivity index (χ3v) is 8.94. The van der Waals surface area contributed by atoms with E-state index in [0.717, 1.165) is 69.6 Å². The van der Waals surface area contributed by atoms with E-state index in [2.05, 4.69) is 30.2 Å². The predicted molar refractivity (Wildman–Crippen MR) is 134 cm³/mol. The van der Waals surface area contributed by atoms with E-state index < -0.39 is 0 Å². The van der Waals surface area contributed by atoms with Gasteiger partial charge in [0.05, 0.1) is 0 Å². The van der Waals surface area contributed by atoms with Crippen molar-refractivity contribution in [3.05, 3.63) is 0 Å². The van der Waals surface area contributed by atoms with Crippen LogP contribution in [0, 0.1) is 0 Å². The highest BCUT2D eigenvalue weighted by Gasteiger charge is 2.34. The molecule has 2 amide bonds. The molecule has 1 aromatic heterocycles. The van der Waals surface area contributed by atoms with Crippen molar-refractivity contribution in [2.24, 2.45) is 0 Å². The molecule has 0 spiro atoms. The molecule has 34 heavy (non-hydrogen) atoms. The molecule has 0 bridgehead atoms. The monoisotopic (exact) mass is 489 g/mol. The first-order valence-electron chi connectivity index (χ1n) is 13.3. The lowest BCUT2D eigenvalue weighted by atomic mass is 9.94. The zero-order valence-electron chi connectivity index (χ0n) is 20.3. The molecular formula is C24H39N7O2S. The Bertz CT molecular complexity index is 835. The molecule has 4 fully saturated rings. The number of hydrogen-bond donors (Lipinski definition) is 1. The fraction of sp³-hybridized carbons (Fsp3) is 0.833. The van der Waals surface area contributed by atoms with Gasteiger partial charge in [-0.3, -0.25) is 19.4 Å². The van der Waals surface area contributed by atoms with E-state index >= 15 is 0 Å². The summed E-state index contributed by atoms with van der Waals surface area (Å²) in [5.74, 6) is 0.211. The van der Waals surface area contributed by atoms with Crippen LogP contribution in [0.1, 0.15) is 64.2 Å². The van der Waals surface area contributed by atoms with Crippen molar-refractivity contribution in [3.8, 4) is 0 Å². The maximum Gasteiger partial charge on any atom is 0.242 e. The van der Waals surface area contributed by atoms with Crippen LogP contribution in [-0.2, 0) is 9.59 Å². The van der Waals surface area contributed by atoms with Crippen molar-refractivity contribution < 1.29 is 9.59 Å². The molecule has 9 nitrogen and oxygen atoms in total. The van der Waals surface area contributed by atoms with E-state index in [0.29, 0.717) is 18.1 Å². The maximum absolute atomic E-state index is 12.9. The van der Waals surface area contributed by atoms with Crippen LogP contribution in [0.25, 0.3) is 0 Å². The largest absolute Gasteiger partial charge is 0.354 e.